The molecular formula is C18H14O3. The monoisotopic (exact) mass is 278 g/mol. The van der Waals surface area contributed by atoms with Crippen LogP contribution in [-0.4, -0.2) is 0 Å². The minimum absolute atomic E-state index is 0.519. The zero-order valence-corrected chi connectivity index (χ0v) is 11.3. The molecule has 0 aliphatic carbocycles. The van der Waals surface area contributed by atoms with E-state index < -0.39 is 0 Å². The Kier molecular flexibility index (Phi) is 4.03. The minimum atomic E-state index is 0.519. The molecule has 3 aromatic rings. The fraction of sp³-hybridized carbons (Fsp3) is 0. The van der Waals surface area contributed by atoms with Crippen LogP contribution in [0.1, 0.15) is 0 Å². The van der Waals surface area contributed by atoms with E-state index in [9.17, 15) is 0 Å². The molecule has 3 nitrogen and oxygen atoms in total. The highest BCUT2D eigenvalue weighted by Gasteiger charge is 2.07. The summed E-state index contributed by atoms with van der Waals surface area (Å²) in [7, 11) is 0. The third-order valence-corrected chi connectivity index (χ3v) is 2.79. The van der Waals surface area contributed by atoms with Crippen LogP contribution in [0.3, 0.4) is 0 Å². The Morgan fingerprint density at radius 2 is 0.952 bits per heavy atom. The molecule has 3 aromatic carbocycles. The van der Waals surface area contributed by atoms with Gasteiger partial charge in [-0.3, -0.25) is 9.78 Å². The van der Waals surface area contributed by atoms with Crippen molar-refractivity contribution in [1.82, 2.24) is 0 Å². The van der Waals surface area contributed by atoms with Crippen LogP contribution in [0.25, 0.3) is 0 Å². The topological polar surface area (TPSA) is 27.7 Å². The standard InChI is InChI=1S/C18H14O3/c1-3-9-15(10-4-1)19-17-13-7-8-14-18(17)21-20-16-11-5-2-6-12-16/h1-14H. The molecule has 0 unspecified atom stereocenters. The van der Waals surface area contributed by atoms with E-state index in [4.69, 9.17) is 14.5 Å². The predicted octanol–water partition coefficient (Wildman–Crippen LogP) is 4.85. The summed E-state index contributed by atoms with van der Waals surface area (Å²) in [5.74, 6) is 2.49. The summed E-state index contributed by atoms with van der Waals surface area (Å²) in [6.45, 7) is 0. The SMILES string of the molecule is c1ccc(OOc2ccccc2Oc2ccccc2)cc1. The summed E-state index contributed by atoms with van der Waals surface area (Å²) < 4.78 is 5.79. The van der Waals surface area contributed by atoms with Crippen LogP contribution in [-0.2, 0) is 0 Å². The fourth-order valence-electron chi connectivity index (χ4n) is 1.79. The van der Waals surface area contributed by atoms with Crippen LogP contribution in [0.4, 0.5) is 0 Å². The zero-order chi connectivity index (χ0) is 14.3. The van der Waals surface area contributed by atoms with Gasteiger partial charge in [-0.2, -0.15) is 0 Å². The van der Waals surface area contributed by atoms with Crippen molar-refractivity contribution in [1.29, 1.82) is 0 Å². The summed E-state index contributed by atoms with van der Waals surface area (Å²) in [5.41, 5.74) is 0. The van der Waals surface area contributed by atoms with Crippen LogP contribution in [0, 0.1) is 0 Å². The molecule has 0 aliphatic rings. The van der Waals surface area contributed by atoms with E-state index in [1.165, 1.54) is 0 Å². The quantitative estimate of drug-likeness (QED) is 0.493. The van der Waals surface area contributed by atoms with E-state index in [2.05, 4.69) is 0 Å². The normalized spacial score (nSPS) is 9.90. The van der Waals surface area contributed by atoms with Crippen molar-refractivity contribution in [3.63, 3.8) is 0 Å². The first-order valence-electron chi connectivity index (χ1n) is 6.63. The van der Waals surface area contributed by atoms with Crippen molar-refractivity contribution in [3.8, 4) is 23.0 Å². The van der Waals surface area contributed by atoms with E-state index in [1.54, 1.807) is 6.07 Å². The van der Waals surface area contributed by atoms with E-state index in [-0.39, 0.29) is 0 Å². The van der Waals surface area contributed by atoms with Crippen LogP contribution >= 0.6 is 0 Å². The molecule has 104 valence electrons. The molecule has 3 heteroatoms. The summed E-state index contributed by atoms with van der Waals surface area (Å²) in [5, 5.41) is 0. The molecule has 0 amide bonds. The van der Waals surface area contributed by atoms with Crippen molar-refractivity contribution in [2.75, 3.05) is 0 Å². The lowest BCUT2D eigenvalue weighted by Gasteiger charge is -2.11. The largest absolute Gasteiger partial charge is 0.453 e. The maximum atomic E-state index is 5.79. The van der Waals surface area contributed by atoms with Gasteiger partial charge in [0.1, 0.15) is 5.75 Å². The summed E-state index contributed by atoms with van der Waals surface area (Å²) >= 11 is 0. The van der Waals surface area contributed by atoms with Crippen LogP contribution < -0.4 is 14.5 Å². The molecule has 0 fully saturated rings. The molecule has 0 aliphatic heterocycles. The molecule has 0 heterocycles. The first-order valence-corrected chi connectivity index (χ1v) is 6.63. The number of benzene rings is 3. The highest BCUT2D eigenvalue weighted by molar-refractivity contribution is 5.42. The fourth-order valence-corrected chi connectivity index (χ4v) is 1.79. The highest BCUT2D eigenvalue weighted by Crippen LogP contribution is 2.31. The van der Waals surface area contributed by atoms with Gasteiger partial charge in [-0.05, 0) is 36.4 Å². The maximum absolute atomic E-state index is 5.79. The van der Waals surface area contributed by atoms with Crippen LogP contribution in [0.15, 0.2) is 84.9 Å². The Morgan fingerprint density at radius 1 is 0.429 bits per heavy atom. The van der Waals surface area contributed by atoms with Gasteiger partial charge in [-0.25, -0.2) is 0 Å². The van der Waals surface area contributed by atoms with Gasteiger partial charge in [-0.1, -0.05) is 48.5 Å². The Labute approximate surface area is 123 Å². The molecule has 21 heavy (non-hydrogen) atoms. The van der Waals surface area contributed by atoms with Gasteiger partial charge in [0.2, 0.25) is 5.75 Å². The molecule has 0 N–H and O–H groups in total. The first kappa shape index (κ1) is 13.1. The van der Waals surface area contributed by atoms with E-state index in [1.807, 2.05) is 78.9 Å². The van der Waals surface area contributed by atoms with Gasteiger partial charge >= 0.3 is 0 Å². The molecule has 0 spiro atoms. The number of hydrogen-bond donors (Lipinski definition) is 0. The van der Waals surface area contributed by atoms with Crippen LogP contribution in [0.5, 0.6) is 23.0 Å². The third kappa shape index (κ3) is 3.54. The Morgan fingerprint density at radius 3 is 1.62 bits per heavy atom. The minimum Gasteiger partial charge on any atom is -0.453 e. The van der Waals surface area contributed by atoms with Gasteiger partial charge in [0.15, 0.2) is 11.5 Å². The number of ether oxygens (including phenoxy) is 1. The van der Waals surface area contributed by atoms with Gasteiger partial charge in [0.05, 0.1) is 0 Å². The average Bonchev–Trinajstić information content (AvgIpc) is 2.56. The maximum Gasteiger partial charge on any atom is 0.221 e. The molecule has 3 rings (SSSR count). The van der Waals surface area contributed by atoms with Crippen molar-refractivity contribution in [3.05, 3.63) is 84.9 Å². The Balaban J connectivity index is 1.73. The molecule has 0 atom stereocenters. The van der Waals surface area contributed by atoms with Gasteiger partial charge in [0, 0.05) is 0 Å². The second-order valence-electron chi connectivity index (χ2n) is 4.34. The predicted molar refractivity (Wildman–Crippen MR) is 80.7 cm³/mol. The van der Waals surface area contributed by atoms with E-state index in [0.29, 0.717) is 17.2 Å². The summed E-state index contributed by atoms with van der Waals surface area (Å²) in [6, 6.07) is 26.2. The lowest BCUT2D eigenvalue weighted by Crippen LogP contribution is -2.01. The van der Waals surface area contributed by atoms with Crippen LogP contribution in [0.2, 0.25) is 0 Å². The Hall–Kier alpha value is -2.94. The van der Waals surface area contributed by atoms with Crippen molar-refractivity contribution >= 4 is 0 Å². The second-order valence-corrected chi connectivity index (χ2v) is 4.34. The van der Waals surface area contributed by atoms with Gasteiger partial charge in [0.25, 0.3) is 0 Å². The van der Waals surface area contributed by atoms with Crippen molar-refractivity contribution < 1.29 is 14.5 Å². The lowest BCUT2D eigenvalue weighted by molar-refractivity contribution is -0.101. The smallest absolute Gasteiger partial charge is 0.221 e. The highest BCUT2D eigenvalue weighted by atomic mass is 17.2. The molecule has 0 saturated heterocycles. The molecular weight excluding hydrogens is 264 g/mol. The number of para-hydroxylation sites is 4. The summed E-state index contributed by atoms with van der Waals surface area (Å²) in [6.07, 6.45) is 0. The number of rotatable bonds is 5. The Bertz CT molecular complexity index is 681. The molecule has 0 bridgehead atoms. The lowest BCUT2D eigenvalue weighted by atomic mass is 10.3. The molecule has 0 aromatic heterocycles. The zero-order valence-electron chi connectivity index (χ0n) is 11.3. The second kappa shape index (κ2) is 6.48. The molecule has 0 radical (unpaired) electrons. The first-order chi connectivity index (χ1) is 10.4. The van der Waals surface area contributed by atoms with E-state index >= 15 is 0 Å². The van der Waals surface area contributed by atoms with Crippen molar-refractivity contribution in [2.45, 2.75) is 0 Å². The third-order valence-electron chi connectivity index (χ3n) is 2.79. The van der Waals surface area contributed by atoms with E-state index in [0.717, 1.165) is 5.75 Å². The summed E-state index contributed by atoms with van der Waals surface area (Å²) in [4.78, 5) is 10.7. The van der Waals surface area contributed by atoms with Gasteiger partial charge in [-0.15, -0.1) is 0 Å². The molecule has 0 saturated carbocycles. The van der Waals surface area contributed by atoms with Crippen molar-refractivity contribution in [2.24, 2.45) is 0 Å². The number of hydrogen-bond acceptors (Lipinski definition) is 3. The van der Waals surface area contributed by atoms with Gasteiger partial charge < -0.3 is 4.74 Å². The average molecular weight is 278 g/mol.